The summed E-state index contributed by atoms with van der Waals surface area (Å²) in [5, 5.41) is 7.45. The Morgan fingerprint density at radius 3 is 2.08 bits per heavy atom. The van der Waals surface area contributed by atoms with Gasteiger partial charge in [0.1, 0.15) is 11.7 Å². The molecule has 1 aromatic heterocycles. The average molecular weight is 327 g/mol. The number of nitrogens with one attached hydrogen (secondary N) is 2. The van der Waals surface area contributed by atoms with E-state index in [2.05, 4.69) is 22.1 Å². The van der Waals surface area contributed by atoms with Gasteiger partial charge in [0, 0.05) is 16.8 Å². The Hall–Kier alpha value is -3.60. The van der Waals surface area contributed by atoms with Crippen LogP contribution in [0.15, 0.2) is 66.7 Å². The third-order valence-corrected chi connectivity index (χ3v) is 4.19. The number of anilines is 1. The molecule has 0 aliphatic rings. The molecule has 1 heterocycles. The molecule has 5 heteroatoms. The Bertz CT molecular complexity index is 1060. The highest BCUT2D eigenvalue weighted by Gasteiger charge is 2.06. The first-order valence-electron chi connectivity index (χ1n) is 7.91. The van der Waals surface area contributed by atoms with E-state index in [1.165, 1.54) is 0 Å². The summed E-state index contributed by atoms with van der Waals surface area (Å²) in [5.41, 5.74) is 17.7. The summed E-state index contributed by atoms with van der Waals surface area (Å²) >= 11 is 0. The van der Waals surface area contributed by atoms with Crippen molar-refractivity contribution in [1.29, 1.82) is 5.41 Å². The number of aromatic amines is 1. The summed E-state index contributed by atoms with van der Waals surface area (Å²) in [6, 6.07) is 21.5. The fourth-order valence-electron chi connectivity index (χ4n) is 2.82. The molecule has 4 aromatic rings. The van der Waals surface area contributed by atoms with E-state index < -0.39 is 0 Å². The first kappa shape index (κ1) is 15.0. The zero-order valence-electron chi connectivity index (χ0n) is 13.5. The number of nitrogens with zero attached hydrogens (tertiary/aromatic N) is 1. The predicted octanol–water partition coefficient (Wildman–Crippen LogP) is 3.76. The number of rotatable bonds is 3. The molecule has 4 rings (SSSR count). The minimum Gasteiger partial charge on any atom is -0.399 e. The van der Waals surface area contributed by atoms with E-state index >= 15 is 0 Å². The highest BCUT2D eigenvalue weighted by Crippen LogP contribution is 2.26. The summed E-state index contributed by atoms with van der Waals surface area (Å²) in [4.78, 5) is 7.92. The zero-order chi connectivity index (χ0) is 17.4. The second kappa shape index (κ2) is 5.79. The largest absolute Gasteiger partial charge is 0.399 e. The van der Waals surface area contributed by atoms with Gasteiger partial charge in [0.25, 0.3) is 0 Å². The minimum absolute atomic E-state index is 0.0763. The van der Waals surface area contributed by atoms with Crippen molar-refractivity contribution >= 4 is 22.6 Å². The van der Waals surface area contributed by atoms with E-state index in [1.807, 2.05) is 54.6 Å². The normalized spacial score (nSPS) is 10.9. The van der Waals surface area contributed by atoms with Crippen LogP contribution in [-0.4, -0.2) is 15.8 Å². The summed E-state index contributed by atoms with van der Waals surface area (Å²) in [6.07, 6.45) is 0. The number of hydrogen-bond acceptors (Lipinski definition) is 3. The molecule has 0 spiro atoms. The molecule has 0 amide bonds. The Morgan fingerprint density at radius 2 is 1.44 bits per heavy atom. The number of hydrogen-bond donors (Lipinski definition) is 4. The predicted molar refractivity (Wildman–Crippen MR) is 102 cm³/mol. The number of nitrogens with two attached hydrogens (primary N) is 2. The van der Waals surface area contributed by atoms with E-state index in [-0.39, 0.29) is 5.84 Å². The molecule has 5 nitrogen and oxygen atoms in total. The van der Waals surface area contributed by atoms with Crippen molar-refractivity contribution in [3.05, 3.63) is 72.3 Å². The minimum atomic E-state index is 0.0763. The van der Waals surface area contributed by atoms with Gasteiger partial charge in [0.05, 0.1) is 11.0 Å². The number of nitrogen functional groups attached to an aromatic ring is 2. The lowest BCUT2D eigenvalue weighted by Gasteiger charge is -2.04. The van der Waals surface area contributed by atoms with Crippen LogP contribution in [0, 0.1) is 5.41 Å². The molecule has 6 N–H and O–H groups in total. The standard InChI is InChI=1S/C20H17N5/c21-16-9-10-17-18(11-16)25-20(24-17)15-7-3-13(4-8-15)12-1-5-14(6-2-12)19(22)23/h1-11H,21H2,(H3,22,23)(H,24,25). The number of fused-ring (bicyclic) bond motifs is 1. The maximum atomic E-state index is 7.45. The van der Waals surface area contributed by atoms with Crippen LogP contribution in [0.3, 0.4) is 0 Å². The summed E-state index contributed by atoms with van der Waals surface area (Å²) in [5.74, 6) is 0.895. The quantitative estimate of drug-likeness (QED) is 0.261. The van der Waals surface area contributed by atoms with E-state index in [4.69, 9.17) is 16.9 Å². The molecular weight excluding hydrogens is 310 g/mol. The summed E-state index contributed by atoms with van der Waals surface area (Å²) in [7, 11) is 0. The van der Waals surface area contributed by atoms with E-state index in [1.54, 1.807) is 0 Å². The highest BCUT2D eigenvalue weighted by atomic mass is 14.9. The van der Waals surface area contributed by atoms with Crippen LogP contribution >= 0.6 is 0 Å². The molecule has 0 atom stereocenters. The fourth-order valence-corrected chi connectivity index (χ4v) is 2.82. The van der Waals surface area contributed by atoms with Crippen molar-refractivity contribution in [3.63, 3.8) is 0 Å². The lowest BCUT2D eigenvalue weighted by molar-refractivity contribution is 1.34. The SMILES string of the molecule is N=C(N)c1ccc(-c2ccc(-c3nc4cc(N)ccc4[nH]3)cc2)cc1. The van der Waals surface area contributed by atoms with Crippen molar-refractivity contribution in [1.82, 2.24) is 9.97 Å². The summed E-state index contributed by atoms with van der Waals surface area (Å²) < 4.78 is 0. The van der Waals surface area contributed by atoms with Crippen molar-refractivity contribution in [2.75, 3.05) is 5.73 Å². The number of benzene rings is 3. The fraction of sp³-hybridized carbons (Fsp3) is 0. The molecule has 3 aromatic carbocycles. The zero-order valence-corrected chi connectivity index (χ0v) is 13.5. The van der Waals surface area contributed by atoms with Crippen molar-refractivity contribution < 1.29 is 0 Å². The monoisotopic (exact) mass is 327 g/mol. The Kier molecular flexibility index (Phi) is 3.47. The van der Waals surface area contributed by atoms with Gasteiger partial charge in [-0.2, -0.15) is 0 Å². The second-order valence-electron chi connectivity index (χ2n) is 5.93. The van der Waals surface area contributed by atoms with Gasteiger partial charge in [0.15, 0.2) is 0 Å². The number of H-pyrrole nitrogens is 1. The van der Waals surface area contributed by atoms with Crippen LogP contribution in [-0.2, 0) is 0 Å². The third-order valence-electron chi connectivity index (χ3n) is 4.19. The molecule has 122 valence electrons. The number of amidine groups is 1. The summed E-state index contributed by atoms with van der Waals surface area (Å²) in [6.45, 7) is 0. The Balaban J connectivity index is 1.65. The van der Waals surface area contributed by atoms with E-state index in [0.717, 1.165) is 39.1 Å². The van der Waals surface area contributed by atoms with Gasteiger partial charge < -0.3 is 16.5 Å². The highest BCUT2D eigenvalue weighted by molar-refractivity contribution is 5.95. The molecule has 0 fully saturated rings. The van der Waals surface area contributed by atoms with Crippen LogP contribution in [0.25, 0.3) is 33.5 Å². The first-order chi connectivity index (χ1) is 12.1. The molecule has 25 heavy (non-hydrogen) atoms. The topological polar surface area (TPSA) is 105 Å². The number of aromatic nitrogens is 2. The van der Waals surface area contributed by atoms with Crippen LogP contribution < -0.4 is 11.5 Å². The molecule has 0 radical (unpaired) electrons. The van der Waals surface area contributed by atoms with Crippen molar-refractivity contribution in [2.24, 2.45) is 5.73 Å². The average Bonchev–Trinajstić information content (AvgIpc) is 3.05. The molecule has 0 aliphatic carbocycles. The van der Waals surface area contributed by atoms with Crippen LogP contribution in [0.2, 0.25) is 0 Å². The van der Waals surface area contributed by atoms with Crippen molar-refractivity contribution in [2.45, 2.75) is 0 Å². The molecular formula is C20H17N5. The Morgan fingerprint density at radius 1 is 0.840 bits per heavy atom. The molecule has 0 saturated heterocycles. The second-order valence-corrected chi connectivity index (χ2v) is 5.93. The van der Waals surface area contributed by atoms with Crippen LogP contribution in [0.4, 0.5) is 5.69 Å². The lowest BCUT2D eigenvalue weighted by Crippen LogP contribution is -2.10. The molecule has 0 bridgehead atoms. The van der Waals surface area contributed by atoms with Gasteiger partial charge in [-0.25, -0.2) is 4.98 Å². The third kappa shape index (κ3) is 2.83. The van der Waals surface area contributed by atoms with Gasteiger partial charge >= 0.3 is 0 Å². The van der Waals surface area contributed by atoms with Crippen molar-refractivity contribution in [3.8, 4) is 22.5 Å². The maximum absolute atomic E-state index is 7.45. The number of imidazole rings is 1. The lowest BCUT2D eigenvalue weighted by atomic mass is 10.0. The van der Waals surface area contributed by atoms with Gasteiger partial charge in [-0.15, -0.1) is 0 Å². The van der Waals surface area contributed by atoms with Gasteiger partial charge in [-0.1, -0.05) is 48.5 Å². The molecule has 0 aliphatic heterocycles. The maximum Gasteiger partial charge on any atom is 0.138 e. The molecule has 0 unspecified atom stereocenters. The van der Waals surface area contributed by atoms with E-state index in [9.17, 15) is 0 Å². The van der Waals surface area contributed by atoms with Crippen LogP contribution in [0.5, 0.6) is 0 Å². The first-order valence-corrected chi connectivity index (χ1v) is 7.91. The van der Waals surface area contributed by atoms with E-state index in [0.29, 0.717) is 5.69 Å². The smallest absolute Gasteiger partial charge is 0.138 e. The van der Waals surface area contributed by atoms with Gasteiger partial charge in [0.2, 0.25) is 0 Å². The van der Waals surface area contributed by atoms with Crippen LogP contribution in [0.1, 0.15) is 5.56 Å². The molecule has 0 saturated carbocycles. The Labute approximate surface area is 144 Å². The van der Waals surface area contributed by atoms with Gasteiger partial charge in [-0.05, 0) is 29.3 Å². The van der Waals surface area contributed by atoms with Gasteiger partial charge in [-0.3, -0.25) is 5.41 Å².